The third kappa shape index (κ3) is 3.26. The minimum absolute atomic E-state index is 0.0409. The van der Waals surface area contributed by atoms with Gasteiger partial charge in [0.1, 0.15) is 0 Å². The maximum atomic E-state index is 12.8. The molecule has 0 radical (unpaired) electrons. The van der Waals surface area contributed by atoms with Crippen molar-refractivity contribution in [2.75, 3.05) is 6.54 Å². The summed E-state index contributed by atoms with van der Waals surface area (Å²) in [4.78, 5) is 14.1. The van der Waals surface area contributed by atoms with Crippen molar-refractivity contribution in [3.05, 3.63) is 39.8 Å². The molecule has 5 nitrogen and oxygen atoms in total. The lowest BCUT2D eigenvalue weighted by molar-refractivity contribution is 0.0908. The number of hydrogen-bond acceptors (Lipinski definition) is 4. The van der Waals surface area contributed by atoms with Crippen molar-refractivity contribution < 1.29 is 4.79 Å². The molecule has 2 aromatic rings. The lowest BCUT2D eigenvalue weighted by atomic mass is 9.83. The van der Waals surface area contributed by atoms with Gasteiger partial charge in [-0.15, -0.1) is 11.3 Å². The maximum Gasteiger partial charge on any atom is 0.272 e. The van der Waals surface area contributed by atoms with Crippen LogP contribution in [0, 0.1) is 5.92 Å². The zero-order valence-electron chi connectivity index (χ0n) is 13.8. The Morgan fingerprint density at radius 1 is 1.38 bits per heavy atom. The van der Waals surface area contributed by atoms with E-state index < -0.39 is 0 Å². The number of nitrogens with zero attached hydrogens (tertiary/aromatic N) is 2. The Kier molecular flexibility index (Phi) is 4.67. The highest BCUT2D eigenvalue weighted by Gasteiger charge is 2.28. The van der Waals surface area contributed by atoms with Gasteiger partial charge in [-0.2, -0.15) is 5.10 Å². The quantitative estimate of drug-likeness (QED) is 0.896. The van der Waals surface area contributed by atoms with Crippen molar-refractivity contribution in [1.29, 1.82) is 0 Å². The second-order valence-electron chi connectivity index (χ2n) is 6.79. The third-order valence-electron chi connectivity index (χ3n) is 5.16. The number of carbonyl (C=O) groups is 1. The molecule has 1 saturated carbocycles. The Labute approximate surface area is 146 Å². The van der Waals surface area contributed by atoms with Crippen LogP contribution in [0.5, 0.6) is 0 Å². The van der Waals surface area contributed by atoms with E-state index in [-0.39, 0.29) is 11.9 Å². The minimum Gasteiger partial charge on any atom is -0.343 e. The first kappa shape index (κ1) is 15.8. The molecule has 4 rings (SSSR count). The topological polar surface area (TPSA) is 59.0 Å². The SMILES string of the molecule is O=C(N[C@H](c1cccs1)C1CCCCC1)c1cc2n(n1)CCNC2. The first-order valence-electron chi connectivity index (χ1n) is 8.93. The molecule has 1 fully saturated rings. The highest BCUT2D eigenvalue weighted by Crippen LogP contribution is 2.36. The highest BCUT2D eigenvalue weighted by molar-refractivity contribution is 7.10. The number of hydrogen-bond donors (Lipinski definition) is 2. The normalized spacial score (nSPS) is 19.7. The summed E-state index contributed by atoms with van der Waals surface area (Å²) in [6.07, 6.45) is 6.26. The molecule has 24 heavy (non-hydrogen) atoms. The molecule has 1 aliphatic carbocycles. The van der Waals surface area contributed by atoms with Crippen LogP contribution in [0.1, 0.15) is 59.2 Å². The second-order valence-corrected chi connectivity index (χ2v) is 7.76. The lowest BCUT2D eigenvalue weighted by Crippen LogP contribution is -2.34. The molecule has 2 aliphatic rings. The number of rotatable bonds is 4. The summed E-state index contributed by atoms with van der Waals surface area (Å²) in [5, 5.41) is 13.2. The summed E-state index contributed by atoms with van der Waals surface area (Å²) in [5.41, 5.74) is 1.64. The maximum absolute atomic E-state index is 12.8. The molecule has 1 amide bonds. The smallest absolute Gasteiger partial charge is 0.272 e. The van der Waals surface area contributed by atoms with E-state index in [1.54, 1.807) is 11.3 Å². The van der Waals surface area contributed by atoms with Crippen molar-refractivity contribution in [1.82, 2.24) is 20.4 Å². The fraction of sp³-hybridized carbons (Fsp3) is 0.556. The van der Waals surface area contributed by atoms with Gasteiger partial charge in [0.25, 0.3) is 5.91 Å². The van der Waals surface area contributed by atoms with Crippen molar-refractivity contribution >= 4 is 17.2 Å². The van der Waals surface area contributed by atoms with Gasteiger partial charge in [-0.3, -0.25) is 9.48 Å². The predicted octanol–water partition coefficient (Wildman–Crippen LogP) is 3.10. The van der Waals surface area contributed by atoms with Gasteiger partial charge in [-0.25, -0.2) is 0 Å². The fourth-order valence-electron chi connectivity index (χ4n) is 3.88. The van der Waals surface area contributed by atoms with E-state index in [0.29, 0.717) is 11.6 Å². The van der Waals surface area contributed by atoms with Crippen LogP contribution in [-0.2, 0) is 13.1 Å². The molecule has 2 N–H and O–H groups in total. The molecule has 3 heterocycles. The molecule has 1 aliphatic heterocycles. The minimum atomic E-state index is -0.0409. The largest absolute Gasteiger partial charge is 0.343 e. The second kappa shape index (κ2) is 7.07. The molecule has 1 atom stereocenters. The summed E-state index contributed by atoms with van der Waals surface area (Å²) in [6.45, 7) is 2.53. The van der Waals surface area contributed by atoms with Gasteiger partial charge in [0.05, 0.1) is 18.3 Å². The molecule has 128 valence electrons. The van der Waals surface area contributed by atoms with Crippen molar-refractivity contribution in [3.63, 3.8) is 0 Å². The Morgan fingerprint density at radius 2 is 2.25 bits per heavy atom. The average molecular weight is 344 g/mol. The van der Waals surface area contributed by atoms with Gasteiger partial charge in [0.15, 0.2) is 5.69 Å². The van der Waals surface area contributed by atoms with E-state index >= 15 is 0 Å². The number of nitrogens with one attached hydrogen (secondary N) is 2. The van der Waals surface area contributed by atoms with E-state index in [2.05, 4.69) is 33.2 Å². The lowest BCUT2D eigenvalue weighted by Gasteiger charge is -2.30. The molecule has 0 spiro atoms. The van der Waals surface area contributed by atoms with Crippen molar-refractivity contribution in [2.24, 2.45) is 5.92 Å². The molecule has 0 unspecified atom stereocenters. The van der Waals surface area contributed by atoms with Crippen LogP contribution in [-0.4, -0.2) is 22.2 Å². The van der Waals surface area contributed by atoms with Gasteiger partial charge in [0.2, 0.25) is 0 Å². The standard InChI is InChI=1S/C18H24N4OS/c23-18(15-11-14-12-19-8-9-22(14)21-15)20-17(16-7-4-10-24-16)13-5-2-1-3-6-13/h4,7,10-11,13,17,19H,1-3,5-6,8-9,12H2,(H,20,23)/t17-/m0/s1. The Balaban J connectivity index is 1.53. The van der Waals surface area contributed by atoms with E-state index in [1.807, 2.05) is 10.7 Å². The monoisotopic (exact) mass is 344 g/mol. The van der Waals surface area contributed by atoms with Crippen LogP contribution in [0.25, 0.3) is 0 Å². The molecule has 0 bridgehead atoms. The Morgan fingerprint density at radius 3 is 3.00 bits per heavy atom. The Hall–Kier alpha value is -1.66. The zero-order chi connectivity index (χ0) is 16.4. The number of aromatic nitrogens is 2. The van der Waals surface area contributed by atoms with Gasteiger partial charge < -0.3 is 10.6 Å². The highest BCUT2D eigenvalue weighted by atomic mass is 32.1. The van der Waals surface area contributed by atoms with E-state index in [1.165, 1.54) is 37.0 Å². The zero-order valence-corrected chi connectivity index (χ0v) is 14.6. The van der Waals surface area contributed by atoms with Crippen LogP contribution < -0.4 is 10.6 Å². The number of carbonyl (C=O) groups excluding carboxylic acids is 1. The molecule has 2 aromatic heterocycles. The summed E-state index contributed by atoms with van der Waals surface area (Å²) < 4.78 is 1.95. The van der Waals surface area contributed by atoms with E-state index in [4.69, 9.17) is 0 Å². The fourth-order valence-corrected chi connectivity index (χ4v) is 4.75. The molecule has 6 heteroatoms. The van der Waals surface area contributed by atoms with E-state index in [9.17, 15) is 4.79 Å². The van der Waals surface area contributed by atoms with Crippen molar-refractivity contribution in [3.8, 4) is 0 Å². The average Bonchev–Trinajstić information content (AvgIpc) is 3.29. The summed E-state index contributed by atoms with van der Waals surface area (Å²) in [6, 6.07) is 6.26. The summed E-state index contributed by atoms with van der Waals surface area (Å²) >= 11 is 1.74. The summed E-state index contributed by atoms with van der Waals surface area (Å²) in [7, 11) is 0. The number of thiophene rings is 1. The first-order valence-corrected chi connectivity index (χ1v) is 9.81. The van der Waals surface area contributed by atoms with Crippen LogP contribution >= 0.6 is 11.3 Å². The van der Waals surface area contributed by atoms with Gasteiger partial charge in [-0.05, 0) is 36.3 Å². The predicted molar refractivity (Wildman–Crippen MR) is 95.0 cm³/mol. The van der Waals surface area contributed by atoms with Crippen LogP contribution in [0.4, 0.5) is 0 Å². The van der Waals surface area contributed by atoms with Gasteiger partial charge >= 0.3 is 0 Å². The van der Waals surface area contributed by atoms with Gasteiger partial charge in [0, 0.05) is 18.0 Å². The summed E-state index contributed by atoms with van der Waals surface area (Å²) in [5.74, 6) is 0.501. The third-order valence-corrected chi connectivity index (χ3v) is 6.12. The van der Waals surface area contributed by atoms with Gasteiger partial charge in [-0.1, -0.05) is 25.3 Å². The Bertz CT molecular complexity index is 664. The van der Waals surface area contributed by atoms with Crippen LogP contribution in [0.2, 0.25) is 0 Å². The number of amides is 1. The van der Waals surface area contributed by atoms with Crippen LogP contribution in [0.3, 0.4) is 0 Å². The molecular weight excluding hydrogens is 320 g/mol. The van der Waals surface area contributed by atoms with Crippen LogP contribution in [0.15, 0.2) is 23.6 Å². The first-order chi connectivity index (χ1) is 11.8. The molecular formula is C18H24N4OS. The van der Waals surface area contributed by atoms with Crippen molar-refractivity contribution in [2.45, 2.75) is 51.2 Å². The molecule has 0 aromatic carbocycles. The number of fused-ring (bicyclic) bond motifs is 1. The van der Waals surface area contributed by atoms with E-state index in [0.717, 1.165) is 25.3 Å². The molecule has 0 saturated heterocycles.